The summed E-state index contributed by atoms with van der Waals surface area (Å²) in [7, 11) is 0. The molecular weight excluding hydrogens is 1130 g/mol. The Hall–Kier alpha value is -10.2. The number of β-lactam (4-membered cyclic amide) rings is 4. The minimum Gasteiger partial charge on any atom is -0.481 e. The van der Waals surface area contributed by atoms with Gasteiger partial charge in [-0.1, -0.05) is 56.0 Å². The van der Waals surface area contributed by atoms with Crippen LogP contribution < -0.4 is 16.4 Å². The van der Waals surface area contributed by atoms with E-state index < -0.39 is 46.2 Å². The second kappa shape index (κ2) is 36.4. The molecule has 5 aliphatic heterocycles. The van der Waals surface area contributed by atoms with Gasteiger partial charge in [-0.3, -0.25) is 78.1 Å². The molecular formula is C57H66N8O21. The number of carboxylic acids is 2. The summed E-state index contributed by atoms with van der Waals surface area (Å²) in [4.78, 5) is 154. The van der Waals surface area contributed by atoms with Crippen LogP contribution >= 0.6 is 0 Å². The van der Waals surface area contributed by atoms with Gasteiger partial charge in [-0.05, 0) is 72.2 Å². The third-order valence-corrected chi connectivity index (χ3v) is 12.3. The lowest BCUT2D eigenvalue weighted by atomic mass is 10.1. The first-order valence-electron chi connectivity index (χ1n) is 26.3. The topological polar surface area (TPSA) is 419 Å². The summed E-state index contributed by atoms with van der Waals surface area (Å²) in [6.07, 6.45) is 5.13. The molecule has 6 N–H and O–H groups in total. The number of aliphatic carboxylic acids is 2. The first-order chi connectivity index (χ1) is 40.5. The Morgan fingerprint density at radius 1 is 0.547 bits per heavy atom. The highest BCUT2D eigenvalue weighted by atomic mass is 16.6. The molecule has 86 heavy (non-hydrogen) atoms. The zero-order valence-electron chi connectivity index (χ0n) is 45.8. The van der Waals surface area contributed by atoms with Crippen LogP contribution in [0.3, 0.4) is 0 Å². The number of cyclic esters (lactones) is 2. The molecule has 0 saturated carbocycles. The van der Waals surface area contributed by atoms with Crippen molar-refractivity contribution in [2.75, 3.05) is 63.7 Å². The number of carbonyl (C=O) groups excluding carboxylic acids is 10. The average Bonchev–Trinajstić information content (AvgIpc) is 3.63. The minimum absolute atomic E-state index is 0. The van der Waals surface area contributed by atoms with Gasteiger partial charge >= 0.3 is 23.9 Å². The number of imide groups is 3. The maximum atomic E-state index is 11.8. The highest BCUT2D eigenvalue weighted by molar-refractivity contribution is 6.00. The molecule has 0 aromatic heterocycles. The SMILES string of the molecule is C.Nc1ccc(CCC(=O)N2CCC2=O)cc1.O=C(CCc1ccc([N+](=O)[O-])cc1)N1CCC1=O.O=C(O)CCc1ccc([N+](=O)[O-])cc1.O=C(O)COCC(=O)Nc1ccc(CCC(=O)N2CCC2=O)cc1.O=C1CCN1.O=C1COCC(=O)O1. The number of esters is 2. The van der Waals surface area contributed by atoms with Gasteiger partial charge in [0.25, 0.3) is 11.4 Å². The van der Waals surface area contributed by atoms with E-state index in [9.17, 15) is 77.8 Å². The van der Waals surface area contributed by atoms with Crippen molar-refractivity contribution in [3.63, 3.8) is 0 Å². The van der Waals surface area contributed by atoms with Crippen LogP contribution in [0.15, 0.2) is 97.1 Å². The number of nitro benzene ring substituents is 2. The van der Waals surface area contributed by atoms with Gasteiger partial charge in [0.1, 0.15) is 26.4 Å². The van der Waals surface area contributed by atoms with Crippen molar-refractivity contribution in [3.05, 3.63) is 140 Å². The molecule has 0 atom stereocenters. The second-order valence-electron chi connectivity index (χ2n) is 18.6. The maximum absolute atomic E-state index is 11.8. The Bertz CT molecular complexity index is 3040. The molecule has 29 heteroatoms. The Labute approximate surface area is 492 Å². The van der Waals surface area contributed by atoms with Crippen molar-refractivity contribution in [3.8, 4) is 0 Å². The number of rotatable bonds is 19. The molecule has 9 rings (SSSR count). The summed E-state index contributed by atoms with van der Waals surface area (Å²) in [6, 6.07) is 26.3. The average molecular weight is 1200 g/mol. The van der Waals surface area contributed by atoms with Crippen molar-refractivity contribution < 1.29 is 91.8 Å². The molecule has 4 aromatic rings. The summed E-state index contributed by atoms with van der Waals surface area (Å²) in [5.41, 5.74) is 10.5. The van der Waals surface area contributed by atoms with Crippen molar-refractivity contribution >= 4 is 93.9 Å². The van der Waals surface area contributed by atoms with Crippen LogP contribution in [-0.2, 0) is 97.4 Å². The smallest absolute Gasteiger partial charge is 0.339 e. The molecule has 5 aliphatic rings. The van der Waals surface area contributed by atoms with Gasteiger partial charge < -0.3 is 40.8 Å². The van der Waals surface area contributed by atoms with Crippen LogP contribution in [0, 0.1) is 20.2 Å². The standard InChI is InChI=1S/C16H18N2O6.C12H12N2O4.C12H14N2O2.C9H9NO4.C4H4O4.C3H5NO.CH4/c19-13(9-24-10-16(22)23)17-12-4-1-11(2-5-12)3-6-14(20)18-8-7-15(18)21;15-11(13-8-7-12(13)16)6-3-9-1-4-10(5-2-9)14(17)18;13-10-4-1-9(2-5-10)3-6-11(15)14-8-7-12(14)16;11-9(12)6-3-7-1-4-8(5-2-7)10(13)14;5-3-1-7-2-4(6)8-3;5-3-1-2-4-3;/h1-2,4-5H,3,6-10H2,(H,17,19)(H,22,23);1-2,4-5H,3,6-8H2;1-2,4-5H,3,6-8,13H2;1-2,4-5H,3,6H2,(H,11,12);1-2H2;1-2H2,(H,4,5);1H4. The number of benzene rings is 4. The second-order valence-corrected chi connectivity index (χ2v) is 18.6. The number of aryl methyl sites for hydroxylation is 4. The minimum atomic E-state index is -1.14. The number of nitrogens with zero attached hydrogens (tertiary/aromatic N) is 5. The predicted octanol–water partition coefficient (Wildman–Crippen LogP) is 3.51. The number of anilines is 2. The number of carboxylic acid groups (broad SMARTS) is 2. The number of nitro groups is 2. The molecule has 0 spiro atoms. The monoisotopic (exact) mass is 1200 g/mol. The Morgan fingerprint density at radius 3 is 1.16 bits per heavy atom. The lowest BCUT2D eigenvalue weighted by Gasteiger charge is -2.28. The van der Waals surface area contributed by atoms with Crippen molar-refractivity contribution in [1.29, 1.82) is 0 Å². The molecule has 0 unspecified atom stereocenters. The Morgan fingerprint density at radius 2 is 0.895 bits per heavy atom. The summed E-state index contributed by atoms with van der Waals surface area (Å²) < 4.78 is 13.2. The van der Waals surface area contributed by atoms with Crippen molar-refractivity contribution in [2.24, 2.45) is 0 Å². The third kappa shape index (κ3) is 26.0. The number of hydrogen-bond acceptors (Lipinski definition) is 20. The largest absolute Gasteiger partial charge is 0.481 e. The van der Waals surface area contributed by atoms with Crippen molar-refractivity contribution in [2.45, 2.75) is 84.5 Å². The Balaban J connectivity index is 0.000000283. The van der Waals surface area contributed by atoms with Crippen LogP contribution in [0.5, 0.6) is 0 Å². The Kier molecular flexibility index (Phi) is 29.7. The highest BCUT2D eigenvalue weighted by Crippen LogP contribution is 2.18. The number of hydrogen-bond donors (Lipinski definition) is 5. The number of nitrogens with one attached hydrogen (secondary N) is 2. The molecule has 5 saturated heterocycles. The lowest BCUT2D eigenvalue weighted by molar-refractivity contribution is -0.385. The molecule has 0 aliphatic carbocycles. The first kappa shape index (κ1) is 70.1. The van der Waals surface area contributed by atoms with E-state index in [1.54, 1.807) is 48.5 Å². The van der Waals surface area contributed by atoms with Crippen LogP contribution in [0.25, 0.3) is 0 Å². The zero-order valence-corrected chi connectivity index (χ0v) is 45.8. The van der Waals surface area contributed by atoms with Crippen molar-refractivity contribution in [1.82, 2.24) is 20.0 Å². The first-order valence-corrected chi connectivity index (χ1v) is 26.3. The van der Waals surface area contributed by atoms with Gasteiger partial charge in [0.15, 0.2) is 0 Å². The fourth-order valence-electron chi connectivity index (χ4n) is 7.21. The fourth-order valence-corrected chi connectivity index (χ4v) is 7.21. The number of non-ortho nitro benzene ring substituents is 2. The molecule has 8 amide bonds. The maximum Gasteiger partial charge on any atom is 0.339 e. The third-order valence-electron chi connectivity index (χ3n) is 12.3. The van der Waals surface area contributed by atoms with E-state index in [1.807, 2.05) is 24.3 Å². The number of carbonyl (C=O) groups is 12. The molecule has 29 nitrogen and oxygen atoms in total. The van der Waals surface area contributed by atoms with E-state index in [-0.39, 0.29) is 99.2 Å². The molecule has 5 fully saturated rings. The van der Waals surface area contributed by atoms with E-state index in [0.29, 0.717) is 82.4 Å². The van der Waals surface area contributed by atoms with Crippen LogP contribution in [-0.4, -0.2) is 159 Å². The fraction of sp³-hybridized carbons (Fsp3) is 0.368. The number of amides is 8. The van der Waals surface area contributed by atoms with Gasteiger partial charge in [0.2, 0.25) is 47.3 Å². The lowest BCUT2D eigenvalue weighted by Crippen LogP contribution is -2.47. The quantitative estimate of drug-likeness (QED) is 0.0224. The van der Waals surface area contributed by atoms with E-state index in [0.717, 1.165) is 35.2 Å². The molecule has 0 bridgehead atoms. The van der Waals surface area contributed by atoms with Crippen LogP contribution in [0.1, 0.15) is 81.0 Å². The van der Waals surface area contributed by atoms with Gasteiger partial charge in [-0.25, -0.2) is 14.4 Å². The van der Waals surface area contributed by atoms with Gasteiger partial charge in [-0.15, -0.1) is 0 Å². The molecule has 460 valence electrons. The van der Waals surface area contributed by atoms with Gasteiger partial charge in [-0.2, -0.15) is 0 Å². The van der Waals surface area contributed by atoms with Crippen LogP contribution in [0.4, 0.5) is 22.7 Å². The summed E-state index contributed by atoms with van der Waals surface area (Å²) in [5.74, 6) is -4.21. The summed E-state index contributed by atoms with van der Waals surface area (Å²) in [6.45, 7) is 1.41. The number of ether oxygens (including phenoxy) is 3. The molecule has 5 heterocycles. The summed E-state index contributed by atoms with van der Waals surface area (Å²) >= 11 is 0. The molecule has 4 aromatic carbocycles. The number of nitrogen functional groups attached to an aromatic ring is 1. The summed E-state index contributed by atoms with van der Waals surface area (Å²) in [5, 5.41) is 42.7. The molecule has 0 radical (unpaired) electrons. The van der Waals surface area contributed by atoms with E-state index in [2.05, 4.69) is 24.8 Å². The predicted molar refractivity (Wildman–Crippen MR) is 302 cm³/mol. The number of likely N-dealkylation sites (tertiary alicyclic amines) is 3. The normalized spacial score (nSPS) is 14.1. The van der Waals surface area contributed by atoms with E-state index >= 15 is 0 Å². The van der Waals surface area contributed by atoms with E-state index in [1.165, 1.54) is 39.0 Å². The van der Waals surface area contributed by atoms with E-state index in [4.69, 9.17) is 15.9 Å². The highest BCUT2D eigenvalue weighted by Gasteiger charge is 2.31. The van der Waals surface area contributed by atoms with Crippen LogP contribution in [0.2, 0.25) is 0 Å². The zero-order chi connectivity index (χ0) is 62.4. The van der Waals surface area contributed by atoms with Gasteiger partial charge in [0, 0.05) is 113 Å². The number of nitrogens with two attached hydrogens (primary N) is 1. The van der Waals surface area contributed by atoms with Gasteiger partial charge in [0.05, 0.1) is 9.85 Å².